The Balaban J connectivity index is 1.47. The minimum absolute atomic E-state index is 0.0497. The molecule has 0 aliphatic heterocycles. The maximum atomic E-state index is 12.1. The third kappa shape index (κ3) is 5.82. The van der Waals surface area contributed by atoms with E-state index in [1.807, 2.05) is 54.6 Å². The molecule has 29 heavy (non-hydrogen) atoms. The van der Waals surface area contributed by atoms with Crippen molar-refractivity contribution in [3.8, 4) is 5.75 Å². The summed E-state index contributed by atoms with van der Waals surface area (Å²) in [6.07, 6.45) is 2.01. The number of carbonyl (C=O) groups excluding carboxylic acids is 2. The Kier molecular flexibility index (Phi) is 7.22. The highest BCUT2D eigenvalue weighted by atomic mass is 16.5. The Morgan fingerprint density at radius 1 is 0.897 bits per heavy atom. The van der Waals surface area contributed by atoms with Gasteiger partial charge in [0.05, 0.1) is 0 Å². The summed E-state index contributed by atoms with van der Waals surface area (Å²) in [5, 5.41) is 7.79. The van der Waals surface area contributed by atoms with Gasteiger partial charge in [-0.2, -0.15) is 0 Å². The maximum Gasteiger partial charge on any atom is 0.258 e. The van der Waals surface area contributed by atoms with Gasteiger partial charge in [-0.05, 0) is 35.6 Å². The molecular weight excluding hydrogens is 364 g/mol. The first-order valence-electron chi connectivity index (χ1n) is 9.92. The van der Waals surface area contributed by atoms with Crippen molar-refractivity contribution in [2.45, 2.75) is 26.3 Å². The van der Waals surface area contributed by atoms with Crippen molar-refractivity contribution in [2.24, 2.45) is 0 Å². The van der Waals surface area contributed by atoms with Crippen LogP contribution in [0.1, 0.15) is 35.7 Å². The Hall–Kier alpha value is -3.34. The van der Waals surface area contributed by atoms with E-state index in [2.05, 4.69) is 17.6 Å². The van der Waals surface area contributed by atoms with Crippen molar-refractivity contribution < 1.29 is 14.3 Å². The highest BCUT2D eigenvalue weighted by Gasteiger charge is 2.07. The standard InChI is InChI=1S/C24H26N2O3/c1-2-3-15-25-24(28)20-13-11-18(12-14-20)16-26-23(27)17-29-22-10-6-8-19-7-4-5-9-21(19)22/h4-14H,2-3,15-17H2,1H3,(H,25,28)(H,26,27). The van der Waals surface area contributed by atoms with E-state index in [-0.39, 0.29) is 18.4 Å². The second-order valence-electron chi connectivity index (χ2n) is 6.85. The van der Waals surface area contributed by atoms with Gasteiger partial charge >= 0.3 is 0 Å². The van der Waals surface area contributed by atoms with Crippen molar-refractivity contribution in [3.05, 3.63) is 77.9 Å². The first-order valence-corrected chi connectivity index (χ1v) is 9.92. The molecule has 0 aliphatic carbocycles. The van der Waals surface area contributed by atoms with E-state index in [0.717, 1.165) is 29.2 Å². The summed E-state index contributed by atoms with van der Waals surface area (Å²) in [7, 11) is 0. The molecule has 0 aromatic heterocycles. The topological polar surface area (TPSA) is 67.4 Å². The number of nitrogens with one attached hydrogen (secondary N) is 2. The Labute approximate surface area is 171 Å². The van der Waals surface area contributed by atoms with Crippen LogP contribution in [0.4, 0.5) is 0 Å². The summed E-state index contributed by atoms with van der Waals surface area (Å²) in [5.41, 5.74) is 1.55. The van der Waals surface area contributed by atoms with Crippen molar-refractivity contribution in [3.63, 3.8) is 0 Å². The van der Waals surface area contributed by atoms with E-state index in [1.54, 1.807) is 12.1 Å². The van der Waals surface area contributed by atoms with Gasteiger partial charge in [0.1, 0.15) is 5.75 Å². The van der Waals surface area contributed by atoms with E-state index in [9.17, 15) is 9.59 Å². The van der Waals surface area contributed by atoms with Crippen molar-refractivity contribution in [1.82, 2.24) is 10.6 Å². The Bertz CT molecular complexity index is 962. The monoisotopic (exact) mass is 390 g/mol. The molecule has 3 aromatic rings. The fraction of sp³-hybridized carbons (Fsp3) is 0.250. The number of hydrogen-bond donors (Lipinski definition) is 2. The lowest BCUT2D eigenvalue weighted by atomic mass is 10.1. The maximum absolute atomic E-state index is 12.1. The zero-order valence-electron chi connectivity index (χ0n) is 16.6. The van der Waals surface area contributed by atoms with E-state index >= 15 is 0 Å². The molecule has 0 bridgehead atoms. The van der Waals surface area contributed by atoms with Crippen molar-refractivity contribution >= 4 is 22.6 Å². The average molecular weight is 390 g/mol. The summed E-state index contributed by atoms with van der Waals surface area (Å²) < 4.78 is 5.70. The minimum Gasteiger partial charge on any atom is -0.483 e. The quantitative estimate of drug-likeness (QED) is 0.541. The SMILES string of the molecule is CCCCNC(=O)c1ccc(CNC(=O)COc2cccc3ccccc23)cc1. The third-order valence-electron chi connectivity index (χ3n) is 4.63. The number of unbranched alkanes of at least 4 members (excludes halogenated alkanes) is 1. The van der Waals surface area contributed by atoms with E-state index < -0.39 is 0 Å². The first-order chi connectivity index (χ1) is 14.2. The van der Waals surface area contributed by atoms with E-state index in [1.165, 1.54) is 0 Å². The van der Waals surface area contributed by atoms with Crippen LogP contribution in [0.2, 0.25) is 0 Å². The summed E-state index contributed by atoms with van der Waals surface area (Å²) in [5.74, 6) is 0.425. The van der Waals surface area contributed by atoms with Crippen LogP contribution >= 0.6 is 0 Å². The van der Waals surface area contributed by atoms with Crippen LogP contribution in [0.15, 0.2) is 66.7 Å². The second-order valence-corrected chi connectivity index (χ2v) is 6.85. The highest BCUT2D eigenvalue weighted by molar-refractivity contribution is 5.94. The molecule has 0 fully saturated rings. The molecule has 0 atom stereocenters. The number of ether oxygens (including phenoxy) is 1. The van der Waals surface area contributed by atoms with Gasteiger partial charge in [-0.1, -0.05) is 61.9 Å². The molecule has 0 heterocycles. The van der Waals surface area contributed by atoms with Crippen molar-refractivity contribution in [1.29, 1.82) is 0 Å². The molecule has 150 valence electrons. The lowest BCUT2D eigenvalue weighted by molar-refractivity contribution is -0.123. The molecule has 3 aromatic carbocycles. The molecule has 2 N–H and O–H groups in total. The zero-order valence-corrected chi connectivity index (χ0v) is 16.6. The lowest BCUT2D eigenvalue weighted by Gasteiger charge is -2.10. The predicted octanol–water partition coefficient (Wildman–Crippen LogP) is 4.06. The summed E-state index contributed by atoms with van der Waals surface area (Å²) >= 11 is 0. The number of carbonyl (C=O) groups is 2. The fourth-order valence-electron chi connectivity index (χ4n) is 2.97. The van der Waals surface area contributed by atoms with Crippen LogP contribution in [-0.2, 0) is 11.3 Å². The second kappa shape index (κ2) is 10.3. The van der Waals surface area contributed by atoms with Gasteiger partial charge in [0.2, 0.25) is 0 Å². The zero-order chi connectivity index (χ0) is 20.5. The highest BCUT2D eigenvalue weighted by Crippen LogP contribution is 2.24. The first kappa shape index (κ1) is 20.4. The number of benzene rings is 3. The molecule has 5 heteroatoms. The van der Waals surface area contributed by atoms with Gasteiger partial charge in [0, 0.05) is 24.0 Å². The van der Waals surface area contributed by atoms with Gasteiger partial charge in [-0.15, -0.1) is 0 Å². The van der Waals surface area contributed by atoms with Gasteiger partial charge < -0.3 is 15.4 Å². The van der Waals surface area contributed by atoms with Gasteiger partial charge in [-0.25, -0.2) is 0 Å². The predicted molar refractivity (Wildman–Crippen MR) is 115 cm³/mol. The van der Waals surface area contributed by atoms with Gasteiger partial charge in [-0.3, -0.25) is 9.59 Å². The van der Waals surface area contributed by atoms with Crippen LogP contribution < -0.4 is 15.4 Å². The fourth-order valence-corrected chi connectivity index (χ4v) is 2.97. The third-order valence-corrected chi connectivity index (χ3v) is 4.63. The number of rotatable bonds is 9. The molecule has 2 amide bonds. The largest absolute Gasteiger partial charge is 0.483 e. The number of hydrogen-bond acceptors (Lipinski definition) is 3. The molecule has 0 radical (unpaired) electrons. The normalized spacial score (nSPS) is 10.5. The number of amides is 2. The smallest absolute Gasteiger partial charge is 0.258 e. The summed E-state index contributed by atoms with van der Waals surface area (Å²) in [6, 6.07) is 20.9. The molecular formula is C24H26N2O3. The minimum atomic E-state index is -0.195. The van der Waals surface area contributed by atoms with Crippen LogP contribution in [0.5, 0.6) is 5.75 Å². The molecule has 3 rings (SSSR count). The van der Waals surface area contributed by atoms with Gasteiger partial charge in [0.15, 0.2) is 6.61 Å². The van der Waals surface area contributed by atoms with Crippen LogP contribution in [0.25, 0.3) is 10.8 Å². The summed E-state index contributed by atoms with van der Waals surface area (Å²) in [6.45, 7) is 3.10. The molecule has 0 aliphatic rings. The van der Waals surface area contributed by atoms with Gasteiger partial charge in [0.25, 0.3) is 11.8 Å². The van der Waals surface area contributed by atoms with Crippen LogP contribution in [-0.4, -0.2) is 25.0 Å². The van der Waals surface area contributed by atoms with E-state index in [0.29, 0.717) is 24.4 Å². The van der Waals surface area contributed by atoms with Crippen LogP contribution in [0.3, 0.4) is 0 Å². The molecule has 5 nitrogen and oxygen atoms in total. The molecule has 0 unspecified atom stereocenters. The van der Waals surface area contributed by atoms with Crippen LogP contribution in [0, 0.1) is 0 Å². The average Bonchev–Trinajstić information content (AvgIpc) is 2.76. The van der Waals surface area contributed by atoms with E-state index in [4.69, 9.17) is 4.74 Å². The molecule has 0 spiro atoms. The number of fused-ring (bicyclic) bond motifs is 1. The summed E-state index contributed by atoms with van der Waals surface area (Å²) in [4.78, 5) is 24.2. The molecule has 0 saturated carbocycles. The van der Waals surface area contributed by atoms with Crippen molar-refractivity contribution in [2.75, 3.05) is 13.2 Å². The molecule has 0 saturated heterocycles. The lowest BCUT2D eigenvalue weighted by Crippen LogP contribution is -2.28. The Morgan fingerprint density at radius 3 is 2.45 bits per heavy atom. The Morgan fingerprint density at radius 2 is 1.66 bits per heavy atom.